The molecule has 0 saturated heterocycles. The van der Waals surface area contributed by atoms with E-state index >= 15 is 0 Å². The third kappa shape index (κ3) is 5.86. The van der Waals surface area contributed by atoms with Crippen LogP contribution < -0.4 is 10.6 Å². The van der Waals surface area contributed by atoms with E-state index in [0.717, 1.165) is 5.56 Å². The van der Waals surface area contributed by atoms with Crippen molar-refractivity contribution >= 4 is 35.6 Å². The predicted octanol–water partition coefficient (Wildman–Crippen LogP) is 2.81. The van der Waals surface area contributed by atoms with Crippen molar-refractivity contribution in [2.75, 3.05) is 13.2 Å². The molecule has 0 saturated carbocycles. The van der Waals surface area contributed by atoms with Gasteiger partial charge in [-0.1, -0.05) is 30.7 Å². The van der Waals surface area contributed by atoms with Gasteiger partial charge in [0.05, 0.1) is 23.9 Å². The summed E-state index contributed by atoms with van der Waals surface area (Å²) in [5, 5.41) is 5.77. The Morgan fingerprint density at radius 3 is 2.52 bits per heavy atom. The molecule has 0 radical (unpaired) electrons. The van der Waals surface area contributed by atoms with Crippen molar-refractivity contribution < 1.29 is 23.9 Å². The first kappa shape index (κ1) is 20.5. The summed E-state index contributed by atoms with van der Waals surface area (Å²) in [7, 11) is 0. The van der Waals surface area contributed by atoms with Gasteiger partial charge in [0.1, 0.15) is 6.61 Å². The Labute approximate surface area is 162 Å². The minimum absolute atomic E-state index is 0.198. The van der Waals surface area contributed by atoms with Crippen LogP contribution in [0.15, 0.2) is 41.6 Å². The summed E-state index contributed by atoms with van der Waals surface area (Å²) in [5.74, 6) is -1.17. The smallest absolute Gasteiger partial charge is 0.338 e. The number of nitrogens with one attached hydrogen (secondary N) is 2. The van der Waals surface area contributed by atoms with E-state index in [2.05, 4.69) is 10.6 Å². The van der Waals surface area contributed by atoms with E-state index in [0.29, 0.717) is 11.4 Å². The molecule has 0 aromatic heterocycles. The van der Waals surface area contributed by atoms with Crippen molar-refractivity contribution in [2.45, 2.75) is 26.3 Å². The zero-order valence-corrected chi connectivity index (χ0v) is 15.8. The highest BCUT2D eigenvalue weighted by atomic mass is 35.5. The van der Waals surface area contributed by atoms with Crippen LogP contribution in [-0.4, -0.2) is 37.2 Å². The molecule has 144 valence electrons. The third-order valence-corrected chi connectivity index (χ3v) is 4.04. The Kier molecular flexibility index (Phi) is 7.43. The molecule has 0 unspecified atom stereocenters. The van der Waals surface area contributed by atoms with Crippen LogP contribution in [0.5, 0.6) is 0 Å². The number of rotatable bonds is 7. The van der Waals surface area contributed by atoms with Gasteiger partial charge in [0.15, 0.2) is 0 Å². The topological polar surface area (TPSA) is 93.7 Å². The van der Waals surface area contributed by atoms with Crippen LogP contribution in [0.1, 0.15) is 25.8 Å². The molecule has 27 heavy (non-hydrogen) atoms. The first-order valence-corrected chi connectivity index (χ1v) is 8.90. The van der Waals surface area contributed by atoms with E-state index in [9.17, 15) is 14.4 Å². The zero-order valence-electron chi connectivity index (χ0n) is 15.1. The molecule has 0 aliphatic carbocycles. The summed E-state index contributed by atoms with van der Waals surface area (Å²) in [6.45, 7) is 3.47. The first-order valence-electron chi connectivity index (χ1n) is 8.52. The molecule has 2 rings (SSSR count). The number of benzene rings is 1. The summed E-state index contributed by atoms with van der Waals surface area (Å²) < 4.78 is 10.2. The highest BCUT2D eigenvalue weighted by molar-refractivity contribution is 6.30. The molecule has 0 bridgehead atoms. The fourth-order valence-corrected chi connectivity index (χ4v) is 2.63. The van der Waals surface area contributed by atoms with Crippen LogP contribution in [0.25, 0.3) is 6.08 Å². The van der Waals surface area contributed by atoms with Gasteiger partial charge >= 0.3 is 18.0 Å². The number of amides is 2. The second-order valence-electron chi connectivity index (χ2n) is 5.66. The van der Waals surface area contributed by atoms with Crippen molar-refractivity contribution in [2.24, 2.45) is 0 Å². The number of carbonyl (C=O) groups is 3. The van der Waals surface area contributed by atoms with E-state index in [1.54, 1.807) is 37.3 Å². The van der Waals surface area contributed by atoms with Crippen molar-refractivity contribution in [3.8, 4) is 0 Å². The fourth-order valence-electron chi connectivity index (χ4n) is 2.51. The van der Waals surface area contributed by atoms with Gasteiger partial charge < -0.3 is 20.1 Å². The van der Waals surface area contributed by atoms with E-state index < -0.39 is 24.0 Å². The second kappa shape index (κ2) is 9.78. The largest absolute Gasteiger partial charge is 0.463 e. The van der Waals surface area contributed by atoms with Gasteiger partial charge in [-0.05, 0) is 37.1 Å². The highest BCUT2D eigenvalue weighted by Crippen LogP contribution is 2.17. The lowest BCUT2D eigenvalue weighted by Crippen LogP contribution is -2.51. The summed E-state index contributed by atoms with van der Waals surface area (Å²) in [6, 6.07) is 5.96. The molecular formula is C19H21ClN2O5. The van der Waals surface area contributed by atoms with Crippen LogP contribution in [0.2, 0.25) is 5.02 Å². The molecule has 8 heteroatoms. The van der Waals surface area contributed by atoms with E-state index in [4.69, 9.17) is 21.1 Å². The molecule has 2 amide bonds. The lowest BCUT2D eigenvalue weighted by atomic mass is 10.0. The Balaban J connectivity index is 2.09. The molecule has 1 aromatic rings. The Bertz CT molecular complexity index is 771. The lowest BCUT2D eigenvalue weighted by molar-refractivity contribution is -0.140. The maximum absolute atomic E-state index is 12.2. The Morgan fingerprint density at radius 1 is 1.19 bits per heavy atom. The van der Waals surface area contributed by atoms with Crippen molar-refractivity contribution in [1.29, 1.82) is 0 Å². The maximum atomic E-state index is 12.2. The molecule has 1 atom stereocenters. The second-order valence-corrected chi connectivity index (χ2v) is 6.10. The SMILES string of the molecule is CCOC(=O)C1=C(COC(=O)/C=C/c2ccc(Cl)cc2)NC(=O)N[C@@H]1CC. The molecule has 1 aromatic carbocycles. The minimum Gasteiger partial charge on any atom is -0.463 e. The molecular weight excluding hydrogens is 372 g/mol. The third-order valence-electron chi connectivity index (χ3n) is 3.79. The van der Waals surface area contributed by atoms with E-state index in [1.807, 2.05) is 6.92 Å². The Morgan fingerprint density at radius 2 is 1.89 bits per heavy atom. The zero-order chi connectivity index (χ0) is 19.8. The molecule has 1 aliphatic rings. The van der Waals surface area contributed by atoms with Crippen molar-refractivity contribution in [3.05, 3.63) is 52.2 Å². The van der Waals surface area contributed by atoms with Crippen molar-refractivity contribution in [1.82, 2.24) is 10.6 Å². The first-order chi connectivity index (χ1) is 12.9. The monoisotopic (exact) mass is 392 g/mol. The maximum Gasteiger partial charge on any atom is 0.338 e. The van der Waals surface area contributed by atoms with Gasteiger partial charge in [-0.3, -0.25) is 0 Å². The molecule has 2 N–H and O–H groups in total. The van der Waals surface area contributed by atoms with Gasteiger partial charge in [0.25, 0.3) is 0 Å². The summed E-state index contributed by atoms with van der Waals surface area (Å²) in [4.78, 5) is 36.0. The van der Waals surface area contributed by atoms with Crippen LogP contribution in [-0.2, 0) is 19.1 Å². The lowest BCUT2D eigenvalue weighted by Gasteiger charge is -2.28. The van der Waals surface area contributed by atoms with Gasteiger partial charge in [-0.25, -0.2) is 14.4 Å². The standard InChI is InChI=1S/C19H21ClN2O5/c1-3-14-17(18(24)26-4-2)15(22-19(25)21-14)11-27-16(23)10-7-12-5-8-13(20)9-6-12/h5-10,14H,3-4,11H2,1-2H3,(H2,21,22,25)/b10-7+/t14-/m1/s1. The number of hydrogen-bond donors (Lipinski definition) is 2. The van der Waals surface area contributed by atoms with Gasteiger partial charge in [0, 0.05) is 11.1 Å². The van der Waals surface area contributed by atoms with Crippen LogP contribution in [0.3, 0.4) is 0 Å². The highest BCUT2D eigenvalue weighted by Gasteiger charge is 2.31. The summed E-state index contributed by atoms with van der Waals surface area (Å²) >= 11 is 5.81. The van der Waals surface area contributed by atoms with Gasteiger partial charge in [0.2, 0.25) is 0 Å². The average molecular weight is 393 g/mol. The quantitative estimate of drug-likeness (QED) is 0.549. The summed E-state index contributed by atoms with van der Waals surface area (Å²) in [5.41, 5.74) is 1.26. The molecule has 0 fully saturated rings. The Hall–Kier alpha value is -2.80. The average Bonchev–Trinajstić information content (AvgIpc) is 2.65. The molecule has 7 nitrogen and oxygen atoms in total. The van der Waals surface area contributed by atoms with Crippen LogP contribution in [0, 0.1) is 0 Å². The summed E-state index contributed by atoms with van der Waals surface area (Å²) in [6.07, 6.45) is 3.33. The number of urea groups is 1. The van der Waals surface area contributed by atoms with Crippen LogP contribution in [0.4, 0.5) is 4.79 Å². The van der Waals surface area contributed by atoms with Crippen molar-refractivity contribution in [3.63, 3.8) is 0 Å². The number of hydrogen-bond acceptors (Lipinski definition) is 5. The minimum atomic E-state index is -0.610. The predicted molar refractivity (Wildman–Crippen MR) is 101 cm³/mol. The van der Waals surface area contributed by atoms with E-state index in [1.165, 1.54) is 6.08 Å². The van der Waals surface area contributed by atoms with Gasteiger partial charge in [-0.15, -0.1) is 0 Å². The number of carbonyl (C=O) groups excluding carboxylic acids is 3. The number of ether oxygens (including phenoxy) is 2. The van der Waals surface area contributed by atoms with Gasteiger partial charge in [-0.2, -0.15) is 0 Å². The fraction of sp³-hybridized carbons (Fsp3) is 0.316. The number of esters is 2. The number of halogens is 1. The van der Waals surface area contributed by atoms with E-state index in [-0.39, 0.29) is 24.5 Å². The molecule has 1 heterocycles. The molecule has 1 aliphatic heterocycles. The normalized spacial score (nSPS) is 16.7. The van der Waals surface area contributed by atoms with Crippen LogP contribution >= 0.6 is 11.6 Å². The molecule has 0 spiro atoms.